The van der Waals surface area contributed by atoms with E-state index in [0.29, 0.717) is 5.69 Å². The van der Waals surface area contributed by atoms with Gasteiger partial charge in [0.2, 0.25) is 11.7 Å². The highest BCUT2D eigenvalue weighted by Gasteiger charge is 2.45. The molecule has 32 heavy (non-hydrogen) atoms. The first kappa shape index (κ1) is 20.1. The molecule has 3 aromatic rings. The van der Waals surface area contributed by atoms with E-state index in [1.807, 2.05) is 91.0 Å². The Kier molecular flexibility index (Phi) is 5.74. The third-order valence-corrected chi connectivity index (χ3v) is 5.12. The van der Waals surface area contributed by atoms with Crippen molar-refractivity contribution in [3.05, 3.63) is 108 Å². The lowest BCUT2D eigenvalue weighted by Gasteiger charge is -2.38. The number of hydrogen-bond donors (Lipinski definition) is 1. The molecule has 3 atom stereocenters. The molecule has 0 aliphatic carbocycles. The van der Waals surface area contributed by atoms with Crippen molar-refractivity contribution in [2.24, 2.45) is 10.2 Å². The zero-order valence-electron chi connectivity index (χ0n) is 17.1. The molecule has 160 valence electrons. The topological polar surface area (TPSA) is 81.5 Å². The third-order valence-electron chi connectivity index (χ3n) is 5.12. The number of carbonyl (C=O) groups excluding carboxylic acids is 1. The summed E-state index contributed by atoms with van der Waals surface area (Å²) >= 11 is 0. The lowest BCUT2D eigenvalue weighted by molar-refractivity contribution is -0.255. The molecule has 0 aromatic heterocycles. The first-order valence-electron chi connectivity index (χ1n) is 10.3. The molecule has 2 aliphatic rings. The second-order valence-corrected chi connectivity index (χ2v) is 7.36. The maximum Gasteiger partial charge on any atom is 0.224 e. The van der Waals surface area contributed by atoms with Crippen molar-refractivity contribution in [1.82, 2.24) is 0 Å². The van der Waals surface area contributed by atoms with Crippen LogP contribution in [0.3, 0.4) is 0 Å². The molecular weight excluding hydrogens is 406 g/mol. The summed E-state index contributed by atoms with van der Waals surface area (Å²) in [5.74, 6) is -0.0731. The molecular formula is C25H21N3O4. The molecule has 5 rings (SSSR count). The van der Waals surface area contributed by atoms with Gasteiger partial charge < -0.3 is 19.5 Å². The molecule has 2 heterocycles. The van der Waals surface area contributed by atoms with E-state index in [0.717, 1.165) is 11.3 Å². The summed E-state index contributed by atoms with van der Waals surface area (Å²) < 4.78 is 17.9. The number of fused-ring (bicyclic) bond motifs is 1. The van der Waals surface area contributed by atoms with E-state index in [1.54, 1.807) is 0 Å². The van der Waals surface area contributed by atoms with Gasteiger partial charge in [0.05, 0.1) is 12.3 Å². The van der Waals surface area contributed by atoms with Crippen LogP contribution < -0.4 is 5.32 Å². The summed E-state index contributed by atoms with van der Waals surface area (Å²) in [6.45, 7) is 0.207. The van der Waals surface area contributed by atoms with Crippen LogP contribution in [0.25, 0.3) is 0 Å². The zero-order valence-corrected chi connectivity index (χ0v) is 17.1. The van der Waals surface area contributed by atoms with E-state index in [4.69, 9.17) is 14.2 Å². The normalized spacial score (nSPS) is 23.0. The van der Waals surface area contributed by atoms with Gasteiger partial charge in [0.1, 0.15) is 0 Å². The molecule has 0 spiro atoms. The van der Waals surface area contributed by atoms with E-state index in [-0.39, 0.29) is 24.0 Å². The Bertz CT molecular complexity index is 1130. The lowest BCUT2D eigenvalue weighted by atomic mass is 10.0. The third kappa shape index (κ3) is 4.30. The van der Waals surface area contributed by atoms with Gasteiger partial charge in [-0.15, -0.1) is 5.11 Å². The number of ether oxygens (including phenoxy) is 3. The van der Waals surface area contributed by atoms with Crippen LogP contribution in [0.4, 0.5) is 11.4 Å². The summed E-state index contributed by atoms with van der Waals surface area (Å²) in [5.41, 5.74) is 2.31. The molecule has 2 aliphatic heterocycles. The Labute approximate surface area is 185 Å². The minimum atomic E-state index is -0.847. The van der Waals surface area contributed by atoms with Crippen molar-refractivity contribution < 1.29 is 19.0 Å². The number of anilines is 1. The van der Waals surface area contributed by atoms with Crippen molar-refractivity contribution >= 4 is 17.2 Å². The van der Waals surface area contributed by atoms with Crippen LogP contribution in [0.5, 0.6) is 0 Å². The van der Waals surface area contributed by atoms with Gasteiger partial charge in [-0.25, -0.2) is 0 Å². The van der Waals surface area contributed by atoms with Crippen LogP contribution in [0.1, 0.15) is 11.9 Å². The summed E-state index contributed by atoms with van der Waals surface area (Å²) in [4.78, 5) is 13.4. The number of hydrogen-bond acceptors (Lipinski definition) is 7. The van der Waals surface area contributed by atoms with Crippen molar-refractivity contribution in [3.8, 4) is 0 Å². The number of ketones is 1. The Morgan fingerprint density at radius 2 is 1.47 bits per heavy atom. The minimum absolute atomic E-state index is 0.0765. The van der Waals surface area contributed by atoms with Gasteiger partial charge >= 0.3 is 0 Å². The summed E-state index contributed by atoms with van der Waals surface area (Å²) in [6.07, 6.45) is -2.09. The van der Waals surface area contributed by atoms with Gasteiger partial charge in [-0.3, -0.25) is 4.79 Å². The Morgan fingerprint density at radius 1 is 0.812 bits per heavy atom. The van der Waals surface area contributed by atoms with E-state index < -0.39 is 18.5 Å². The number of Topliss-reactive ketones (excluding diaryl/α,β-unsaturated/α-hetero) is 1. The second-order valence-electron chi connectivity index (χ2n) is 7.36. The molecule has 0 amide bonds. The fraction of sp³-hybridized carbons (Fsp3) is 0.160. The van der Waals surface area contributed by atoms with Crippen molar-refractivity contribution in [2.75, 3.05) is 11.9 Å². The number of azo groups is 1. The summed E-state index contributed by atoms with van der Waals surface area (Å²) in [6, 6.07) is 28.1. The first-order chi connectivity index (χ1) is 15.8. The van der Waals surface area contributed by atoms with Crippen LogP contribution in [0.15, 0.2) is 113 Å². The maximum absolute atomic E-state index is 13.4. The largest absolute Gasteiger partial charge is 0.468 e. The molecule has 3 aromatic carbocycles. The van der Waals surface area contributed by atoms with E-state index in [1.165, 1.54) is 0 Å². The Morgan fingerprint density at radius 3 is 2.19 bits per heavy atom. The lowest BCUT2D eigenvalue weighted by Crippen LogP contribution is -2.50. The molecule has 7 nitrogen and oxygen atoms in total. The predicted octanol–water partition coefficient (Wildman–Crippen LogP) is 5.13. The highest BCUT2D eigenvalue weighted by atomic mass is 16.7. The molecule has 1 saturated heterocycles. The number of carbonyl (C=O) groups is 1. The van der Waals surface area contributed by atoms with Crippen LogP contribution >= 0.6 is 0 Å². The highest BCUT2D eigenvalue weighted by molar-refractivity contribution is 6.00. The first-order valence-corrected chi connectivity index (χ1v) is 10.3. The van der Waals surface area contributed by atoms with Crippen molar-refractivity contribution in [2.45, 2.75) is 18.5 Å². The van der Waals surface area contributed by atoms with Gasteiger partial charge in [-0.05, 0) is 24.3 Å². The molecule has 0 unspecified atom stereocenters. The quantitative estimate of drug-likeness (QED) is 0.571. The van der Waals surface area contributed by atoms with Crippen LogP contribution in [-0.4, -0.2) is 24.6 Å². The smallest absolute Gasteiger partial charge is 0.224 e. The average molecular weight is 427 g/mol. The van der Waals surface area contributed by atoms with Gasteiger partial charge in [0.15, 0.2) is 24.2 Å². The fourth-order valence-electron chi connectivity index (χ4n) is 3.53. The standard InChI is InChI=1S/C25H21N3O4/c29-22-21(28-27-19-14-8-3-9-15-19)24(26-18-12-6-2-7-13-18)31-20-16-30-25(32-23(20)22)17-10-4-1-5-11-17/h1-15,20,23,25-26H,16H2/t20-,23-,25-/m1/s1. The molecule has 0 saturated carbocycles. The van der Waals surface area contributed by atoms with Gasteiger partial charge in [-0.2, -0.15) is 5.11 Å². The molecule has 0 bridgehead atoms. The fourth-order valence-corrected chi connectivity index (χ4v) is 3.53. The molecule has 0 radical (unpaired) electrons. The van der Waals surface area contributed by atoms with Gasteiger partial charge in [-0.1, -0.05) is 66.7 Å². The van der Waals surface area contributed by atoms with E-state index in [9.17, 15) is 4.79 Å². The van der Waals surface area contributed by atoms with Crippen LogP contribution in [-0.2, 0) is 19.0 Å². The van der Waals surface area contributed by atoms with E-state index >= 15 is 0 Å². The zero-order chi connectivity index (χ0) is 21.8. The Balaban J connectivity index is 1.46. The number of para-hydroxylation sites is 1. The van der Waals surface area contributed by atoms with Gasteiger partial charge in [0.25, 0.3) is 0 Å². The maximum atomic E-state index is 13.4. The number of nitrogens with one attached hydrogen (secondary N) is 1. The van der Waals surface area contributed by atoms with Crippen LogP contribution in [0, 0.1) is 0 Å². The molecule has 1 fully saturated rings. The SMILES string of the molecule is O=C1C(N=Nc2ccccc2)=C(Nc2ccccc2)O[C@@H]2CO[C@@H](c3ccccc3)O[C@@H]12. The highest BCUT2D eigenvalue weighted by Crippen LogP contribution is 2.34. The molecule has 1 N–H and O–H groups in total. The molecule has 7 heteroatoms. The van der Waals surface area contributed by atoms with Crippen molar-refractivity contribution in [3.63, 3.8) is 0 Å². The number of rotatable bonds is 5. The van der Waals surface area contributed by atoms with Gasteiger partial charge in [0, 0.05) is 11.3 Å². The number of benzene rings is 3. The summed E-state index contributed by atoms with van der Waals surface area (Å²) in [5, 5.41) is 11.6. The number of nitrogens with zero attached hydrogens (tertiary/aromatic N) is 2. The second kappa shape index (κ2) is 9.13. The minimum Gasteiger partial charge on any atom is -0.468 e. The van der Waals surface area contributed by atoms with Crippen LogP contribution in [0.2, 0.25) is 0 Å². The average Bonchev–Trinajstić information content (AvgIpc) is 2.85. The Hall–Kier alpha value is -3.81. The monoisotopic (exact) mass is 427 g/mol. The predicted molar refractivity (Wildman–Crippen MR) is 118 cm³/mol. The summed E-state index contributed by atoms with van der Waals surface area (Å²) in [7, 11) is 0. The van der Waals surface area contributed by atoms with E-state index in [2.05, 4.69) is 15.5 Å². The van der Waals surface area contributed by atoms with Crippen molar-refractivity contribution in [1.29, 1.82) is 0 Å².